The van der Waals surface area contributed by atoms with Crippen LogP contribution in [0.1, 0.15) is 31.5 Å². The van der Waals surface area contributed by atoms with E-state index in [2.05, 4.69) is 27.0 Å². The molecule has 1 heterocycles. The first-order valence-corrected chi connectivity index (χ1v) is 8.40. The molecule has 2 atom stereocenters. The smallest absolute Gasteiger partial charge is 0.146 e. The van der Waals surface area contributed by atoms with E-state index in [1.54, 1.807) is 0 Å². The Morgan fingerprint density at radius 3 is 2.68 bits per heavy atom. The van der Waals surface area contributed by atoms with Crippen molar-refractivity contribution in [1.29, 1.82) is 5.26 Å². The summed E-state index contributed by atoms with van der Waals surface area (Å²) in [7, 11) is 0.500. The van der Waals surface area contributed by atoms with Crippen molar-refractivity contribution in [2.24, 2.45) is 11.5 Å². The molecule has 1 aromatic heterocycles. The Kier molecular flexibility index (Phi) is 10.5. The quantitative estimate of drug-likeness (QED) is 0.692. The van der Waals surface area contributed by atoms with E-state index in [0.29, 0.717) is 30.5 Å². The minimum atomic E-state index is -0.556. The molecule has 0 bridgehead atoms. The van der Waals surface area contributed by atoms with Crippen molar-refractivity contribution in [3.63, 3.8) is 0 Å². The Morgan fingerprint density at radius 2 is 2.14 bits per heavy atom. The molecule has 0 radical (unpaired) electrons. The molecule has 2 unspecified atom stereocenters. The van der Waals surface area contributed by atoms with Gasteiger partial charge in [-0.2, -0.15) is 5.26 Å². The van der Waals surface area contributed by atoms with Crippen LogP contribution in [-0.2, 0) is 0 Å². The zero-order valence-corrected chi connectivity index (χ0v) is 15.1. The summed E-state index contributed by atoms with van der Waals surface area (Å²) in [5, 5.41) is 9.24. The van der Waals surface area contributed by atoms with Gasteiger partial charge < -0.3 is 11.5 Å². The van der Waals surface area contributed by atoms with Crippen molar-refractivity contribution < 1.29 is 8.78 Å². The van der Waals surface area contributed by atoms with Crippen LogP contribution in [-0.4, -0.2) is 29.2 Å². The molecule has 0 fully saturated rings. The molecule has 0 aliphatic heterocycles. The molecule has 0 aliphatic carbocycles. The summed E-state index contributed by atoms with van der Waals surface area (Å²) in [6.45, 7) is 2.40. The number of nitrogens with zero attached hydrogens (tertiary/aromatic N) is 2. The first kappa shape index (κ1) is 21.2. The van der Waals surface area contributed by atoms with Crippen LogP contribution in [0.15, 0.2) is 16.7 Å². The van der Waals surface area contributed by atoms with E-state index in [4.69, 9.17) is 11.5 Å². The molecule has 0 aliphatic rings. The highest BCUT2D eigenvalue weighted by Crippen LogP contribution is 2.32. The van der Waals surface area contributed by atoms with Gasteiger partial charge in [0.15, 0.2) is 0 Å². The second kappa shape index (κ2) is 10.9. The normalized spacial score (nSPS) is 14.3. The Balaban J connectivity index is 0.00000211. The van der Waals surface area contributed by atoms with Crippen molar-refractivity contribution >= 4 is 27.7 Å². The van der Waals surface area contributed by atoms with Gasteiger partial charge in [0.1, 0.15) is 10.4 Å². The Morgan fingerprint density at radius 1 is 1.50 bits per heavy atom. The molecule has 0 spiro atoms. The molecule has 4 nitrogen and oxygen atoms in total. The summed E-state index contributed by atoms with van der Waals surface area (Å²) in [5.41, 5.74) is 11.7. The van der Waals surface area contributed by atoms with Crippen LogP contribution >= 0.6 is 27.7 Å². The molecular weight excluding hydrogens is 374 g/mol. The molecule has 0 amide bonds. The number of rotatable bonds is 7. The van der Waals surface area contributed by atoms with Crippen molar-refractivity contribution in [1.82, 2.24) is 4.98 Å². The molecule has 0 aromatic carbocycles. The van der Waals surface area contributed by atoms with E-state index in [0.717, 1.165) is 6.42 Å². The fraction of sp³-hybridized carbons (Fsp3) is 0.571. The summed E-state index contributed by atoms with van der Waals surface area (Å²) < 4.78 is 23.2. The molecule has 0 saturated heterocycles. The topological polar surface area (TPSA) is 88.7 Å². The Hall–Kier alpha value is -0.750. The van der Waals surface area contributed by atoms with Gasteiger partial charge in [0.05, 0.1) is 29.7 Å². The maximum Gasteiger partial charge on any atom is 0.146 e. The first-order valence-electron chi connectivity index (χ1n) is 6.62. The van der Waals surface area contributed by atoms with Gasteiger partial charge in [-0.05, 0) is 54.4 Å². The first-order chi connectivity index (χ1) is 10.4. The van der Waals surface area contributed by atoms with Gasteiger partial charge in [0.2, 0.25) is 0 Å². The minimum Gasteiger partial charge on any atom is -0.330 e. The third-order valence-corrected chi connectivity index (χ3v) is 4.77. The lowest BCUT2D eigenvalue weighted by molar-refractivity contribution is 0.578. The number of halogens is 3. The number of alkyl halides is 1. The summed E-state index contributed by atoms with van der Waals surface area (Å²) in [6.07, 6.45) is 1.46. The summed E-state index contributed by atoms with van der Waals surface area (Å²) in [4.78, 5) is 4.06. The van der Waals surface area contributed by atoms with Crippen molar-refractivity contribution in [2.45, 2.75) is 30.6 Å². The van der Waals surface area contributed by atoms with E-state index in [-0.39, 0.29) is 5.69 Å². The van der Waals surface area contributed by atoms with E-state index in [9.17, 15) is 14.0 Å². The van der Waals surface area contributed by atoms with Crippen LogP contribution in [0.2, 0.25) is 0 Å². The third-order valence-electron chi connectivity index (χ3n) is 2.87. The largest absolute Gasteiger partial charge is 0.330 e. The monoisotopic (exact) mass is 394 g/mol. The van der Waals surface area contributed by atoms with Gasteiger partial charge >= 0.3 is 0 Å². The van der Waals surface area contributed by atoms with Crippen molar-refractivity contribution in [3.05, 3.63) is 28.2 Å². The molecule has 124 valence electrons. The van der Waals surface area contributed by atoms with E-state index >= 15 is 0 Å². The van der Waals surface area contributed by atoms with Crippen LogP contribution in [0, 0.1) is 17.1 Å². The zero-order valence-electron chi connectivity index (χ0n) is 12.7. The van der Waals surface area contributed by atoms with Gasteiger partial charge in [-0.25, -0.2) is 9.37 Å². The van der Waals surface area contributed by atoms with E-state index in [1.807, 2.05) is 6.92 Å². The maximum absolute atomic E-state index is 13.7. The fourth-order valence-corrected chi connectivity index (χ4v) is 3.03. The van der Waals surface area contributed by atoms with Crippen LogP contribution in [0.5, 0.6) is 0 Å². The molecule has 0 saturated carbocycles. The van der Waals surface area contributed by atoms with Gasteiger partial charge in [-0.3, -0.25) is 4.39 Å². The molecule has 1 rings (SSSR count). The summed E-state index contributed by atoms with van der Waals surface area (Å²) in [6, 6.07) is 4.58. The van der Waals surface area contributed by atoms with Gasteiger partial charge in [0, 0.05) is 5.75 Å². The number of nitrogens with two attached hydrogens (primary N) is 2. The van der Waals surface area contributed by atoms with Crippen LogP contribution in [0.4, 0.5) is 8.78 Å². The standard InChI is InChI=1S/C13H18BrFN4S.CH3F/c1-13(8-17,5-2-6-16)20-7-10(18)12-9(15)3-4-11(14)19-12;1-2/h3-4,10H,2,5-7,16,18H2,1H3;1H3. The van der Waals surface area contributed by atoms with E-state index in [1.165, 1.54) is 23.9 Å². The number of hydrogen-bond acceptors (Lipinski definition) is 5. The van der Waals surface area contributed by atoms with Gasteiger partial charge in [0.25, 0.3) is 0 Å². The lowest BCUT2D eigenvalue weighted by atomic mass is 10.1. The Labute approximate surface area is 142 Å². The molecule has 4 N–H and O–H groups in total. The molecular formula is C14H21BrF2N4S. The average molecular weight is 395 g/mol. The van der Waals surface area contributed by atoms with Crippen LogP contribution < -0.4 is 11.5 Å². The molecule has 8 heteroatoms. The number of aromatic nitrogens is 1. The Bertz CT molecular complexity index is 498. The summed E-state index contributed by atoms with van der Waals surface area (Å²) in [5.74, 6) is -0.00318. The van der Waals surface area contributed by atoms with Gasteiger partial charge in [-0.15, -0.1) is 11.8 Å². The zero-order chi connectivity index (χ0) is 17.2. The highest BCUT2D eigenvalue weighted by Gasteiger charge is 2.26. The lowest BCUT2D eigenvalue weighted by Crippen LogP contribution is -2.24. The third kappa shape index (κ3) is 7.01. The number of thioether (sulfide) groups is 1. The fourth-order valence-electron chi connectivity index (χ4n) is 1.65. The van der Waals surface area contributed by atoms with E-state index < -0.39 is 16.6 Å². The summed E-state index contributed by atoms with van der Waals surface area (Å²) >= 11 is 4.61. The van der Waals surface area contributed by atoms with Crippen LogP contribution in [0.25, 0.3) is 0 Å². The number of pyridine rings is 1. The predicted octanol–water partition coefficient (Wildman–Crippen LogP) is 3.32. The maximum atomic E-state index is 13.7. The highest BCUT2D eigenvalue weighted by molar-refractivity contribution is 9.10. The molecule has 1 aromatic rings. The lowest BCUT2D eigenvalue weighted by Gasteiger charge is -2.22. The minimum absolute atomic E-state index is 0.214. The van der Waals surface area contributed by atoms with Crippen molar-refractivity contribution in [3.8, 4) is 6.07 Å². The predicted molar refractivity (Wildman–Crippen MR) is 90.6 cm³/mol. The highest BCUT2D eigenvalue weighted by atomic mass is 79.9. The number of hydrogen-bond donors (Lipinski definition) is 2. The number of nitriles is 1. The molecule has 22 heavy (non-hydrogen) atoms. The average Bonchev–Trinajstić information content (AvgIpc) is 2.55. The SMILES string of the molecule is CC(C#N)(CCCN)SCC(N)c1nc(Br)ccc1F.CF. The second-order valence-corrected chi connectivity index (χ2v) is 6.99. The second-order valence-electron chi connectivity index (χ2n) is 4.65. The van der Waals surface area contributed by atoms with Gasteiger partial charge in [-0.1, -0.05) is 0 Å². The van der Waals surface area contributed by atoms with Crippen LogP contribution in [0.3, 0.4) is 0 Å². The van der Waals surface area contributed by atoms with Crippen molar-refractivity contribution in [2.75, 3.05) is 19.5 Å².